The second kappa shape index (κ2) is 2.73. The third-order valence-corrected chi connectivity index (χ3v) is 1.95. The van der Waals surface area contributed by atoms with E-state index in [4.69, 9.17) is 20.9 Å². The third-order valence-electron chi connectivity index (χ3n) is 1.95. The monoisotopic (exact) mass is 180 g/mol. The van der Waals surface area contributed by atoms with Crippen LogP contribution in [0.5, 0.6) is 11.5 Å². The number of rotatable bonds is 0. The molecule has 1 aromatic rings. The molecule has 0 saturated carbocycles. The second-order valence-electron chi connectivity index (χ2n) is 3.14. The van der Waals surface area contributed by atoms with Crippen LogP contribution in [0.4, 0.5) is 11.4 Å². The van der Waals surface area contributed by atoms with Crippen LogP contribution >= 0.6 is 0 Å². The summed E-state index contributed by atoms with van der Waals surface area (Å²) in [6.45, 7) is 2.44. The summed E-state index contributed by atoms with van der Waals surface area (Å²) in [6.07, 6.45) is 0.0246. The molecule has 0 aliphatic carbocycles. The molecule has 2 rings (SSSR count). The van der Waals surface area contributed by atoms with Crippen LogP contribution in [-0.4, -0.2) is 12.7 Å². The average Bonchev–Trinajstić information content (AvgIpc) is 2.12. The highest BCUT2D eigenvalue weighted by Crippen LogP contribution is 2.41. The van der Waals surface area contributed by atoms with Gasteiger partial charge < -0.3 is 20.9 Å². The maximum absolute atomic E-state index is 5.71. The van der Waals surface area contributed by atoms with Crippen molar-refractivity contribution in [1.29, 1.82) is 0 Å². The summed E-state index contributed by atoms with van der Waals surface area (Å²) in [6, 6.07) is 3.43. The van der Waals surface area contributed by atoms with E-state index in [0.29, 0.717) is 29.5 Å². The molecule has 0 saturated heterocycles. The zero-order valence-electron chi connectivity index (χ0n) is 7.41. The van der Waals surface area contributed by atoms with E-state index in [-0.39, 0.29) is 6.10 Å². The Morgan fingerprint density at radius 2 is 1.85 bits per heavy atom. The largest absolute Gasteiger partial charge is 0.484 e. The summed E-state index contributed by atoms with van der Waals surface area (Å²) < 4.78 is 10.9. The topological polar surface area (TPSA) is 70.5 Å². The normalized spacial score (nSPS) is 19.9. The van der Waals surface area contributed by atoms with Gasteiger partial charge in [-0.25, -0.2) is 0 Å². The zero-order chi connectivity index (χ0) is 9.42. The molecule has 0 bridgehead atoms. The van der Waals surface area contributed by atoms with Crippen molar-refractivity contribution in [2.24, 2.45) is 0 Å². The predicted octanol–water partition coefficient (Wildman–Crippen LogP) is 1.01. The summed E-state index contributed by atoms with van der Waals surface area (Å²) in [5.41, 5.74) is 12.5. The third kappa shape index (κ3) is 1.24. The zero-order valence-corrected chi connectivity index (χ0v) is 7.41. The fraction of sp³-hybridized carbons (Fsp3) is 0.333. The fourth-order valence-electron chi connectivity index (χ4n) is 1.30. The molecule has 1 aromatic carbocycles. The van der Waals surface area contributed by atoms with E-state index in [1.807, 2.05) is 6.92 Å². The van der Waals surface area contributed by atoms with Gasteiger partial charge in [-0.15, -0.1) is 0 Å². The predicted molar refractivity (Wildman–Crippen MR) is 50.9 cm³/mol. The van der Waals surface area contributed by atoms with Gasteiger partial charge in [-0.2, -0.15) is 0 Å². The number of nitrogen functional groups attached to an aromatic ring is 2. The maximum atomic E-state index is 5.71. The molecule has 1 aliphatic rings. The molecule has 0 radical (unpaired) electrons. The van der Waals surface area contributed by atoms with Crippen LogP contribution < -0.4 is 20.9 Å². The summed E-state index contributed by atoms with van der Waals surface area (Å²) in [7, 11) is 0. The Kier molecular flexibility index (Phi) is 1.69. The van der Waals surface area contributed by atoms with Crippen LogP contribution in [0.3, 0.4) is 0 Å². The number of benzene rings is 1. The molecule has 0 fully saturated rings. The van der Waals surface area contributed by atoms with Crippen LogP contribution in [0, 0.1) is 0 Å². The van der Waals surface area contributed by atoms with Gasteiger partial charge >= 0.3 is 0 Å². The molecule has 0 spiro atoms. The van der Waals surface area contributed by atoms with Crippen LogP contribution in [-0.2, 0) is 0 Å². The number of fused-ring (bicyclic) bond motifs is 1. The molecule has 4 N–H and O–H groups in total. The lowest BCUT2D eigenvalue weighted by Crippen LogP contribution is -2.26. The molecule has 4 nitrogen and oxygen atoms in total. The van der Waals surface area contributed by atoms with Crippen LogP contribution in [0.2, 0.25) is 0 Å². The quantitative estimate of drug-likeness (QED) is 0.584. The van der Waals surface area contributed by atoms with E-state index >= 15 is 0 Å². The lowest BCUT2D eigenvalue weighted by atomic mass is 10.2. The molecule has 0 unspecified atom stereocenters. The average molecular weight is 180 g/mol. The Bertz CT molecular complexity index is 339. The van der Waals surface area contributed by atoms with Crippen molar-refractivity contribution in [2.45, 2.75) is 13.0 Å². The number of nitrogens with two attached hydrogens (primary N) is 2. The van der Waals surface area contributed by atoms with E-state index in [0.717, 1.165) is 0 Å². The van der Waals surface area contributed by atoms with Gasteiger partial charge in [0, 0.05) is 0 Å². The molecular formula is C9H12N2O2. The number of anilines is 2. The van der Waals surface area contributed by atoms with E-state index < -0.39 is 0 Å². The Morgan fingerprint density at radius 1 is 1.23 bits per heavy atom. The lowest BCUT2D eigenvalue weighted by Gasteiger charge is -2.25. The molecule has 0 amide bonds. The van der Waals surface area contributed by atoms with Crippen molar-refractivity contribution in [3.05, 3.63) is 12.1 Å². The minimum absolute atomic E-state index is 0.0246. The van der Waals surface area contributed by atoms with Crippen molar-refractivity contribution in [3.8, 4) is 11.5 Å². The first-order chi connectivity index (χ1) is 6.18. The van der Waals surface area contributed by atoms with Gasteiger partial charge in [0.25, 0.3) is 0 Å². The highest BCUT2D eigenvalue weighted by Gasteiger charge is 2.21. The number of hydrogen-bond donors (Lipinski definition) is 2. The fourth-order valence-corrected chi connectivity index (χ4v) is 1.30. The SMILES string of the molecule is C[C@@H]1COc2c(N)ccc(N)c2O1. The molecule has 70 valence electrons. The second-order valence-corrected chi connectivity index (χ2v) is 3.14. The summed E-state index contributed by atoms with van der Waals surface area (Å²) >= 11 is 0. The smallest absolute Gasteiger partial charge is 0.186 e. The maximum Gasteiger partial charge on any atom is 0.186 e. The lowest BCUT2D eigenvalue weighted by molar-refractivity contribution is 0.106. The van der Waals surface area contributed by atoms with Crippen molar-refractivity contribution >= 4 is 11.4 Å². The highest BCUT2D eigenvalue weighted by molar-refractivity contribution is 5.71. The van der Waals surface area contributed by atoms with Gasteiger partial charge in [0.2, 0.25) is 0 Å². The summed E-state index contributed by atoms with van der Waals surface area (Å²) in [5, 5.41) is 0. The first kappa shape index (κ1) is 8.04. The molecule has 4 heteroatoms. The number of ether oxygens (including phenoxy) is 2. The first-order valence-electron chi connectivity index (χ1n) is 4.16. The van der Waals surface area contributed by atoms with Crippen LogP contribution in [0.1, 0.15) is 6.92 Å². The number of hydrogen-bond acceptors (Lipinski definition) is 4. The van der Waals surface area contributed by atoms with E-state index in [9.17, 15) is 0 Å². The van der Waals surface area contributed by atoms with E-state index in [2.05, 4.69) is 0 Å². The standard InChI is InChI=1S/C9H12N2O2/c1-5-4-12-8-6(10)2-3-7(11)9(8)13-5/h2-3,5H,4,10-11H2,1H3/t5-/m1/s1. The Hall–Kier alpha value is -1.58. The van der Waals surface area contributed by atoms with Gasteiger partial charge in [-0.1, -0.05) is 0 Å². The van der Waals surface area contributed by atoms with Crippen molar-refractivity contribution < 1.29 is 9.47 Å². The molecule has 1 aliphatic heterocycles. The molecule has 13 heavy (non-hydrogen) atoms. The first-order valence-corrected chi connectivity index (χ1v) is 4.16. The van der Waals surface area contributed by atoms with Gasteiger partial charge in [0.15, 0.2) is 11.5 Å². The van der Waals surface area contributed by atoms with E-state index in [1.165, 1.54) is 0 Å². The van der Waals surface area contributed by atoms with Gasteiger partial charge in [-0.3, -0.25) is 0 Å². The molecule has 0 aromatic heterocycles. The summed E-state index contributed by atoms with van der Waals surface area (Å²) in [5.74, 6) is 1.14. The van der Waals surface area contributed by atoms with Crippen LogP contribution in [0.25, 0.3) is 0 Å². The van der Waals surface area contributed by atoms with Gasteiger partial charge in [0.05, 0.1) is 11.4 Å². The van der Waals surface area contributed by atoms with Crippen molar-refractivity contribution in [3.63, 3.8) is 0 Å². The minimum atomic E-state index is 0.0246. The van der Waals surface area contributed by atoms with Crippen LogP contribution in [0.15, 0.2) is 12.1 Å². The summed E-state index contributed by atoms with van der Waals surface area (Å²) in [4.78, 5) is 0. The van der Waals surface area contributed by atoms with E-state index in [1.54, 1.807) is 12.1 Å². The molecule has 1 heterocycles. The Balaban J connectivity index is 2.51. The molecular weight excluding hydrogens is 168 g/mol. The minimum Gasteiger partial charge on any atom is -0.484 e. The Morgan fingerprint density at radius 3 is 2.54 bits per heavy atom. The van der Waals surface area contributed by atoms with Gasteiger partial charge in [0.1, 0.15) is 12.7 Å². The van der Waals surface area contributed by atoms with Crippen molar-refractivity contribution in [1.82, 2.24) is 0 Å². The van der Waals surface area contributed by atoms with Crippen molar-refractivity contribution in [2.75, 3.05) is 18.1 Å². The van der Waals surface area contributed by atoms with Gasteiger partial charge in [-0.05, 0) is 19.1 Å². The molecule has 1 atom stereocenters. The Labute approximate surface area is 76.4 Å². The highest BCUT2D eigenvalue weighted by atomic mass is 16.6.